The lowest BCUT2D eigenvalue weighted by molar-refractivity contribution is -0.142. The molecule has 1 amide bonds. The molecule has 7 nitrogen and oxygen atoms in total. The van der Waals surface area contributed by atoms with Crippen LogP contribution in [-0.4, -0.2) is 38.9 Å². The van der Waals surface area contributed by atoms with Gasteiger partial charge in [0.15, 0.2) is 18.1 Å². The molecule has 2 aromatic rings. The van der Waals surface area contributed by atoms with Crippen molar-refractivity contribution in [1.29, 1.82) is 0 Å². The first-order chi connectivity index (χ1) is 13.4. The number of methoxy groups -OCH3 is 2. The van der Waals surface area contributed by atoms with Crippen LogP contribution < -0.4 is 14.9 Å². The van der Waals surface area contributed by atoms with Gasteiger partial charge in [-0.1, -0.05) is 35.3 Å². The first-order valence-electron chi connectivity index (χ1n) is 8.06. The summed E-state index contributed by atoms with van der Waals surface area (Å²) in [6.07, 6.45) is 1.58. The Kier molecular flexibility index (Phi) is 8.10. The number of ether oxygens (including phenoxy) is 3. The first-order valence-corrected chi connectivity index (χ1v) is 8.82. The molecule has 0 aromatic heterocycles. The third kappa shape index (κ3) is 6.44. The van der Waals surface area contributed by atoms with Crippen molar-refractivity contribution in [3.63, 3.8) is 0 Å². The summed E-state index contributed by atoms with van der Waals surface area (Å²) in [4.78, 5) is 23.2. The molecule has 2 aromatic carbocycles. The fourth-order valence-corrected chi connectivity index (χ4v) is 2.55. The van der Waals surface area contributed by atoms with E-state index in [9.17, 15) is 9.59 Å². The molecule has 0 atom stereocenters. The number of hydrogen-bond acceptors (Lipinski definition) is 6. The molecule has 0 heterocycles. The van der Waals surface area contributed by atoms with Crippen molar-refractivity contribution < 1.29 is 23.8 Å². The van der Waals surface area contributed by atoms with Crippen LogP contribution in [0.2, 0.25) is 10.0 Å². The Morgan fingerprint density at radius 3 is 2.50 bits per heavy atom. The maximum absolute atomic E-state index is 11.9. The van der Waals surface area contributed by atoms with Crippen LogP contribution in [0.4, 0.5) is 0 Å². The Morgan fingerprint density at radius 2 is 1.86 bits per heavy atom. The molecule has 1 N–H and O–H groups in total. The van der Waals surface area contributed by atoms with Crippen LogP contribution >= 0.6 is 23.2 Å². The molecular formula is C19H18Cl2N2O5. The summed E-state index contributed by atoms with van der Waals surface area (Å²) < 4.78 is 15.1. The third-order valence-electron chi connectivity index (χ3n) is 3.49. The van der Waals surface area contributed by atoms with Crippen molar-refractivity contribution in [2.45, 2.75) is 6.42 Å². The van der Waals surface area contributed by atoms with Crippen molar-refractivity contribution in [3.8, 4) is 11.5 Å². The quantitative estimate of drug-likeness (QED) is 0.399. The van der Waals surface area contributed by atoms with Gasteiger partial charge in [0.2, 0.25) is 5.91 Å². The summed E-state index contributed by atoms with van der Waals surface area (Å²) >= 11 is 12.0. The monoisotopic (exact) mass is 424 g/mol. The average molecular weight is 425 g/mol. The summed E-state index contributed by atoms with van der Waals surface area (Å²) in [6.45, 7) is -0.305. The lowest BCUT2D eigenvalue weighted by atomic mass is 10.1. The molecule has 0 bridgehead atoms. The predicted octanol–water partition coefficient (Wildman–Crippen LogP) is 3.25. The fraction of sp³-hybridized carbons (Fsp3) is 0.211. The summed E-state index contributed by atoms with van der Waals surface area (Å²) in [6, 6.07) is 10.1. The molecule has 0 saturated heterocycles. The summed E-state index contributed by atoms with van der Waals surface area (Å²) in [7, 11) is 2.69. The van der Waals surface area contributed by atoms with Gasteiger partial charge in [-0.05, 0) is 35.4 Å². The van der Waals surface area contributed by atoms with Gasteiger partial charge in [0.05, 0.1) is 31.9 Å². The highest BCUT2D eigenvalue weighted by Gasteiger charge is 2.13. The normalized spacial score (nSPS) is 10.6. The molecule has 0 aliphatic rings. The molecule has 0 radical (unpaired) electrons. The lowest BCUT2D eigenvalue weighted by Crippen LogP contribution is -2.19. The molecule has 0 aliphatic heterocycles. The van der Waals surface area contributed by atoms with Gasteiger partial charge in [-0.2, -0.15) is 5.10 Å². The minimum atomic E-state index is -0.549. The van der Waals surface area contributed by atoms with Gasteiger partial charge in [0.25, 0.3) is 0 Å². The van der Waals surface area contributed by atoms with Crippen molar-refractivity contribution in [2.24, 2.45) is 5.10 Å². The molecule has 0 aliphatic carbocycles. The van der Waals surface area contributed by atoms with Crippen LogP contribution in [0.15, 0.2) is 41.5 Å². The Hall–Kier alpha value is -2.77. The minimum Gasteiger partial charge on any atom is -0.493 e. The number of carbonyl (C=O) groups excluding carboxylic acids is 2. The SMILES string of the molecule is COC(=O)COc1c(Cl)cc(/C=N\NC(=O)Cc2ccc(Cl)cc2)cc1OC. The number of hydrazone groups is 1. The van der Waals surface area contributed by atoms with E-state index in [1.165, 1.54) is 20.4 Å². The van der Waals surface area contributed by atoms with E-state index in [-0.39, 0.29) is 29.7 Å². The zero-order chi connectivity index (χ0) is 20.5. The molecule has 0 unspecified atom stereocenters. The predicted molar refractivity (Wildman–Crippen MR) is 106 cm³/mol. The Morgan fingerprint density at radius 1 is 1.14 bits per heavy atom. The largest absolute Gasteiger partial charge is 0.493 e. The lowest BCUT2D eigenvalue weighted by Gasteiger charge is -2.12. The highest BCUT2D eigenvalue weighted by atomic mass is 35.5. The van der Waals surface area contributed by atoms with E-state index in [1.54, 1.807) is 36.4 Å². The Balaban J connectivity index is 2.00. The number of halogens is 2. The van der Waals surface area contributed by atoms with Crippen LogP contribution in [-0.2, 0) is 20.7 Å². The molecule has 9 heteroatoms. The van der Waals surface area contributed by atoms with Crippen LogP contribution in [0, 0.1) is 0 Å². The van der Waals surface area contributed by atoms with Crippen molar-refractivity contribution in [3.05, 3.63) is 57.6 Å². The molecular weight excluding hydrogens is 407 g/mol. The number of hydrogen-bond donors (Lipinski definition) is 1. The smallest absolute Gasteiger partial charge is 0.343 e. The minimum absolute atomic E-state index is 0.166. The third-order valence-corrected chi connectivity index (χ3v) is 4.03. The number of benzene rings is 2. The van der Waals surface area contributed by atoms with Gasteiger partial charge >= 0.3 is 5.97 Å². The number of rotatable bonds is 8. The number of esters is 1. The van der Waals surface area contributed by atoms with Crippen molar-refractivity contribution >= 4 is 41.3 Å². The van der Waals surface area contributed by atoms with Crippen LogP contribution in [0.25, 0.3) is 0 Å². The molecule has 0 saturated carbocycles. The standard InChI is InChI=1S/C19H18Cl2N2O5/c1-26-16-8-13(7-15(21)19(16)28-11-18(25)27-2)10-22-23-17(24)9-12-3-5-14(20)6-4-12/h3-8,10H,9,11H2,1-2H3,(H,23,24)/b22-10-. The second-order valence-electron chi connectivity index (χ2n) is 5.50. The van der Waals surface area contributed by atoms with E-state index >= 15 is 0 Å². The van der Waals surface area contributed by atoms with Gasteiger partial charge in [-0.3, -0.25) is 4.79 Å². The molecule has 0 spiro atoms. The topological polar surface area (TPSA) is 86.2 Å². The maximum Gasteiger partial charge on any atom is 0.343 e. The number of nitrogens with zero attached hydrogens (tertiary/aromatic N) is 1. The Bertz CT molecular complexity index is 869. The number of carbonyl (C=O) groups is 2. The summed E-state index contributed by atoms with van der Waals surface area (Å²) in [5, 5.41) is 4.73. The van der Waals surface area contributed by atoms with Gasteiger partial charge in [0, 0.05) is 5.02 Å². The zero-order valence-electron chi connectivity index (χ0n) is 15.2. The first kappa shape index (κ1) is 21.5. The highest BCUT2D eigenvalue weighted by molar-refractivity contribution is 6.32. The molecule has 28 heavy (non-hydrogen) atoms. The zero-order valence-corrected chi connectivity index (χ0v) is 16.7. The van der Waals surface area contributed by atoms with Gasteiger partial charge in [-0.15, -0.1) is 0 Å². The van der Waals surface area contributed by atoms with E-state index in [1.807, 2.05) is 0 Å². The fourth-order valence-electron chi connectivity index (χ4n) is 2.15. The second kappa shape index (κ2) is 10.5. The number of amides is 1. The summed E-state index contributed by atoms with van der Waals surface area (Å²) in [5.74, 6) is -0.314. The maximum atomic E-state index is 11.9. The van der Waals surface area contributed by atoms with Crippen LogP contribution in [0.5, 0.6) is 11.5 Å². The van der Waals surface area contributed by atoms with E-state index in [0.717, 1.165) is 5.56 Å². The summed E-state index contributed by atoms with van der Waals surface area (Å²) in [5.41, 5.74) is 3.82. The van der Waals surface area contributed by atoms with Crippen molar-refractivity contribution in [1.82, 2.24) is 5.43 Å². The second-order valence-corrected chi connectivity index (χ2v) is 6.34. The van der Waals surface area contributed by atoms with E-state index in [0.29, 0.717) is 16.3 Å². The highest BCUT2D eigenvalue weighted by Crippen LogP contribution is 2.36. The molecule has 148 valence electrons. The van der Waals surface area contributed by atoms with Crippen LogP contribution in [0.3, 0.4) is 0 Å². The van der Waals surface area contributed by atoms with Gasteiger partial charge < -0.3 is 14.2 Å². The molecule has 2 rings (SSSR count). The van der Waals surface area contributed by atoms with Gasteiger partial charge in [0.1, 0.15) is 0 Å². The average Bonchev–Trinajstić information content (AvgIpc) is 2.68. The number of nitrogens with one attached hydrogen (secondary N) is 1. The van der Waals surface area contributed by atoms with Crippen LogP contribution in [0.1, 0.15) is 11.1 Å². The van der Waals surface area contributed by atoms with E-state index < -0.39 is 5.97 Å². The Labute approximate surface area is 172 Å². The van der Waals surface area contributed by atoms with E-state index in [4.69, 9.17) is 32.7 Å². The van der Waals surface area contributed by atoms with Gasteiger partial charge in [-0.25, -0.2) is 10.2 Å². The van der Waals surface area contributed by atoms with Crippen molar-refractivity contribution in [2.75, 3.05) is 20.8 Å². The van der Waals surface area contributed by atoms with E-state index in [2.05, 4.69) is 15.3 Å². The molecule has 0 fully saturated rings.